The van der Waals surface area contributed by atoms with E-state index in [0.29, 0.717) is 32.6 Å². The van der Waals surface area contributed by atoms with Gasteiger partial charge >= 0.3 is 0 Å². The summed E-state index contributed by atoms with van der Waals surface area (Å²) in [5.74, 6) is -0.630. The Hall–Kier alpha value is -3.55. The van der Waals surface area contributed by atoms with E-state index in [1.54, 1.807) is 35.9 Å². The van der Waals surface area contributed by atoms with Crippen molar-refractivity contribution in [3.63, 3.8) is 0 Å². The van der Waals surface area contributed by atoms with E-state index in [2.05, 4.69) is 26.2 Å². The lowest BCUT2D eigenvalue weighted by Crippen LogP contribution is -1.99. The van der Waals surface area contributed by atoms with Gasteiger partial charge in [-0.3, -0.25) is 4.79 Å². The first kappa shape index (κ1) is 22.3. The first-order valence-electron chi connectivity index (χ1n) is 10.4. The van der Waals surface area contributed by atoms with E-state index in [-0.39, 0.29) is 11.6 Å². The molecule has 0 saturated heterocycles. The quantitative estimate of drug-likeness (QED) is 0.241. The number of halogens is 2. The van der Waals surface area contributed by atoms with Gasteiger partial charge in [-0.25, -0.2) is 4.98 Å². The second-order valence-electron chi connectivity index (χ2n) is 7.98. The molecule has 0 radical (unpaired) electrons. The first-order chi connectivity index (χ1) is 16.3. The number of azo groups is 1. The molecule has 5 rings (SSSR count). The molecule has 1 N–H and O–H groups in total. The van der Waals surface area contributed by atoms with Gasteiger partial charge in [-0.1, -0.05) is 51.3 Å². The Kier molecular flexibility index (Phi) is 5.67. The molecule has 1 amide bonds. The summed E-state index contributed by atoms with van der Waals surface area (Å²) < 4.78 is 2.52. The highest BCUT2D eigenvalue weighted by atomic mass is 79.9. The minimum Gasteiger partial charge on any atom is -0.493 e. The number of benzene rings is 3. The number of hydrogen-bond donors (Lipinski definition) is 1. The highest BCUT2D eigenvalue weighted by Gasteiger charge is 2.17. The lowest BCUT2D eigenvalue weighted by Gasteiger charge is -2.08. The largest absolute Gasteiger partial charge is 0.493 e. The fourth-order valence-corrected chi connectivity index (χ4v) is 4.35. The second-order valence-corrected chi connectivity index (χ2v) is 9.33. The molecule has 2 aromatic heterocycles. The van der Waals surface area contributed by atoms with Gasteiger partial charge in [0.1, 0.15) is 0 Å². The maximum Gasteiger partial charge on any atom is 0.296 e. The predicted octanol–water partition coefficient (Wildman–Crippen LogP) is 7.75. The standard InChI is InChI=1S/C26H18BrClN4O2/c1-14-3-9-21-18(11-14)19(13-22(29-21)15-4-6-16(27)7-5-15)25(33)31-30-24-20-12-17(28)8-10-23(20)32(2)26(24)34/h3-13,34H,1-2H3. The zero-order chi connectivity index (χ0) is 24.0. The van der Waals surface area contributed by atoms with Crippen LogP contribution in [0.3, 0.4) is 0 Å². The Labute approximate surface area is 208 Å². The molecule has 34 heavy (non-hydrogen) atoms. The van der Waals surface area contributed by atoms with E-state index in [9.17, 15) is 9.90 Å². The monoisotopic (exact) mass is 532 g/mol. The van der Waals surface area contributed by atoms with Crippen LogP contribution < -0.4 is 0 Å². The van der Waals surface area contributed by atoms with Gasteiger partial charge in [0.2, 0.25) is 5.88 Å². The van der Waals surface area contributed by atoms with Crippen molar-refractivity contribution >= 4 is 60.9 Å². The van der Waals surface area contributed by atoms with Gasteiger partial charge in [0.15, 0.2) is 5.69 Å². The minimum absolute atomic E-state index is 0.0974. The third-order valence-electron chi connectivity index (χ3n) is 5.68. The van der Waals surface area contributed by atoms with Crippen LogP contribution in [-0.4, -0.2) is 20.6 Å². The van der Waals surface area contributed by atoms with E-state index in [1.165, 1.54) is 0 Å². The van der Waals surface area contributed by atoms with Crippen molar-refractivity contribution in [2.45, 2.75) is 6.92 Å². The number of hydrogen-bond acceptors (Lipinski definition) is 4. The molecule has 0 saturated carbocycles. The van der Waals surface area contributed by atoms with Crippen LogP contribution in [0.4, 0.5) is 5.69 Å². The van der Waals surface area contributed by atoms with E-state index >= 15 is 0 Å². The molecule has 0 aliphatic heterocycles. The van der Waals surface area contributed by atoms with Crippen LogP contribution >= 0.6 is 27.5 Å². The van der Waals surface area contributed by atoms with Crippen molar-refractivity contribution < 1.29 is 9.90 Å². The average molecular weight is 534 g/mol. The lowest BCUT2D eigenvalue weighted by atomic mass is 10.0. The normalized spacial score (nSPS) is 11.6. The molecule has 0 atom stereocenters. The molecule has 0 aliphatic carbocycles. The molecule has 0 fully saturated rings. The Bertz CT molecular complexity index is 1620. The number of aromatic nitrogens is 2. The Balaban J connectivity index is 1.63. The highest BCUT2D eigenvalue weighted by Crippen LogP contribution is 2.39. The highest BCUT2D eigenvalue weighted by molar-refractivity contribution is 9.10. The van der Waals surface area contributed by atoms with Gasteiger partial charge in [-0.2, -0.15) is 0 Å². The molecular weight excluding hydrogens is 516 g/mol. The van der Waals surface area contributed by atoms with Gasteiger partial charge in [0, 0.05) is 32.9 Å². The topological polar surface area (TPSA) is 79.8 Å². The molecule has 5 aromatic rings. The van der Waals surface area contributed by atoms with Gasteiger partial charge in [0.25, 0.3) is 5.91 Å². The SMILES string of the molecule is Cc1ccc2nc(-c3ccc(Br)cc3)cc(C(=O)N=Nc3c(O)n(C)c4ccc(Cl)cc34)c2c1. The fourth-order valence-electron chi connectivity index (χ4n) is 3.92. The first-order valence-corrected chi connectivity index (χ1v) is 11.6. The van der Waals surface area contributed by atoms with Crippen molar-refractivity contribution in [1.29, 1.82) is 0 Å². The van der Waals surface area contributed by atoms with E-state index in [0.717, 1.165) is 21.1 Å². The number of fused-ring (bicyclic) bond motifs is 2. The smallest absolute Gasteiger partial charge is 0.296 e. The van der Waals surface area contributed by atoms with Crippen LogP contribution in [-0.2, 0) is 7.05 Å². The number of nitrogens with zero attached hydrogens (tertiary/aromatic N) is 4. The van der Waals surface area contributed by atoms with Gasteiger partial charge < -0.3 is 9.67 Å². The molecular formula is C26H18BrClN4O2. The second kappa shape index (κ2) is 8.66. The Morgan fingerprint density at radius 2 is 1.79 bits per heavy atom. The van der Waals surface area contributed by atoms with Gasteiger partial charge in [-0.15, -0.1) is 10.2 Å². The molecule has 0 aliphatic rings. The zero-order valence-corrected chi connectivity index (χ0v) is 20.6. The lowest BCUT2D eigenvalue weighted by molar-refractivity contribution is 0.0996. The summed E-state index contributed by atoms with van der Waals surface area (Å²) in [7, 11) is 1.70. The Morgan fingerprint density at radius 3 is 2.56 bits per heavy atom. The van der Waals surface area contributed by atoms with Crippen LogP contribution in [0.1, 0.15) is 15.9 Å². The molecule has 0 spiro atoms. The summed E-state index contributed by atoms with van der Waals surface area (Å²) >= 11 is 9.58. The fraction of sp³-hybridized carbons (Fsp3) is 0.0769. The van der Waals surface area contributed by atoms with Crippen molar-refractivity contribution in [2.75, 3.05) is 0 Å². The van der Waals surface area contributed by atoms with Crippen molar-refractivity contribution in [3.05, 3.63) is 87.4 Å². The van der Waals surface area contributed by atoms with Crippen LogP contribution in [0.2, 0.25) is 5.02 Å². The van der Waals surface area contributed by atoms with Crippen molar-refractivity contribution in [2.24, 2.45) is 17.3 Å². The van der Waals surface area contributed by atoms with E-state index in [4.69, 9.17) is 16.6 Å². The van der Waals surface area contributed by atoms with Crippen LogP contribution in [0.15, 0.2) is 81.4 Å². The average Bonchev–Trinajstić information content (AvgIpc) is 3.06. The summed E-state index contributed by atoms with van der Waals surface area (Å²) in [5.41, 5.74) is 4.51. The summed E-state index contributed by atoms with van der Waals surface area (Å²) in [6, 6.07) is 20.4. The molecule has 8 heteroatoms. The molecule has 6 nitrogen and oxygen atoms in total. The van der Waals surface area contributed by atoms with Crippen LogP contribution in [0.5, 0.6) is 5.88 Å². The molecule has 2 heterocycles. The molecule has 0 bridgehead atoms. The van der Waals surface area contributed by atoms with E-state index < -0.39 is 5.91 Å². The number of aromatic hydroxyl groups is 1. The molecule has 3 aromatic carbocycles. The number of aryl methyl sites for hydroxylation is 2. The summed E-state index contributed by atoms with van der Waals surface area (Å²) in [6.45, 7) is 1.95. The number of amides is 1. The van der Waals surface area contributed by atoms with E-state index in [1.807, 2.05) is 49.4 Å². The maximum absolute atomic E-state index is 13.3. The number of rotatable bonds is 3. The third-order valence-corrected chi connectivity index (χ3v) is 6.44. The Morgan fingerprint density at radius 1 is 1.03 bits per heavy atom. The number of carbonyl (C=O) groups excluding carboxylic acids is 1. The number of carbonyl (C=O) groups is 1. The predicted molar refractivity (Wildman–Crippen MR) is 138 cm³/mol. The third kappa shape index (κ3) is 3.97. The summed E-state index contributed by atoms with van der Waals surface area (Å²) in [4.78, 5) is 18.0. The van der Waals surface area contributed by atoms with Crippen LogP contribution in [0.25, 0.3) is 33.1 Å². The summed E-state index contributed by atoms with van der Waals surface area (Å²) in [5, 5.41) is 20.5. The van der Waals surface area contributed by atoms with Crippen molar-refractivity contribution in [1.82, 2.24) is 9.55 Å². The van der Waals surface area contributed by atoms with Crippen molar-refractivity contribution in [3.8, 4) is 17.1 Å². The zero-order valence-electron chi connectivity index (χ0n) is 18.3. The molecule has 0 unspecified atom stereocenters. The molecule has 168 valence electrons. The minimum atomic E-state index is -0.533. The number of pyridine rings is 1. The van der Waals surface area contributed by atoms with Gasteiger partial charge in [-0.05, 0) is 55.5 Å². The maximum atomic E-state index is 13.3. The summed E-state index contributed by atoms with van der Waals surface area (Å²) in [6.07, 6.45) is 0. The van der Waals surface area contributed by atoms with Gasteiger partial charge in [0.05, 0.1) is 22.3 Å². The van der Waals surface area contributed by atoms with Crippen LogP contribution in [0, 0.1) is 6.92 Å².